The summed E-state index contributed by atoms with van der Waals surface area (Å²) in [6.07, 6.45) is -15.0. The number of aliphatic hydroxyl groups excluding tert-OH is 6. The predicted octanol–water partition coefficient (Wildman–Crippen LogP) is 3.06. The van der Waals surface area contributed by atoms with Gasteiger partial charge in [0, 0.05) is 61.4 Å². The van der Waals surface area contributed by atoms with Gasteiger partial charge in [-0.05, 0) is 196 Å². The molecule has 2 saturated heterocycles. The van der Waals surface area contributed by atoms with Crippen LogP contribution < -0.4 is 88.5 Å². The number of phenols is 3. The van der Waals surface area contributed by atoms with Gasteiger partial charge in [0.1, 0.15) is 101 Å². The van der Waals surface area contributed by atoms with Crippen molar-refractivity contribution in [2.75, 3.05) is 39.2 Å². The second-order valence-corrected chi connectivity index (χ2v) is 35.8. The van der Waals surface area contributed by atoms with E-state index in [4.69, 9.17) is 62.1 Å². The molecule has 6 aromatic carbocycles. The second-order valence-electron chi connectivity index (χ2n) is 35.0. The van der Waals surface area contributed by atoms with Crippen LogP contribution in [0.1, 0.15) is 150 Å². The Bertz CT molecular complexity index is 5300. The number of benzene rings is 6. The summed E-state index contributed by atoms with van der Waals surface area (Å²) >= 11 is 14.6. The van der Waals surface area contributed by atoms with Gasteiger partial charge in [0.05, 0.1) is 54.0 Å². The average molecular weight is 1850 g/mol. The highest BCUT2D eigenvalue weighted by Gasteiger charge is 2.54. The first-order valence-electron chi connectivity index (χ1n) is 42.8. The minimum absolute atomic E-state index is 0.0125. The van der Waals surface area contributed by atoms with Crippen molar-refractivity contribution in [3.05, 3.63) is 140 Å². The third-order valence-electron chi connectivity index (χ3n) is 25.2. The zero-order valence-corrected chi connectivity index (χ0v) is 73.3. The summed E-state index contributed by atoms with van der Waals surface area (Å²) in [5.74, 6) is -14.3. The number of phenolic OH excluding ortho intramolecular Hbond substituents is 3. The van der Waals surface area contributed by atoms with E-state index in [1.807, 2.05) is 13.8 Å². The number of nitrogens with two attached hydrogens (primary N) is 1. The molecule has 698 valence electrons. The van der Waals surface area contributed by atoms with Crippen LogP contribution in [0.2, 0.25) is 10.0 Å². The quantitative estimate of drug-likeness (QED) is 0.0460. The van der Waals surface area contributed by atoms with Crippen LogP contribution in [0.3, 0.4) is 0 Å². The first-order valence-corrected chi connectivity index (χ1v) is 43.6. The van der Waals surface area contributed by atoms with Gasteiger partial charge < -0.3 is 143 Å². The second kappa shape index (κ2) is 39.8. The molecule has 41 heteroatoms. The molecule has 4 aliphatic carbocycles. The van der Waals surface area contributed by atoms with Crippen molar-refractivity contribution in [1.29, 1.82) is 0 Å². The predicted molar refractivity (Wildman–Crippen MR) is 462 cm³/mol. The zero-order chi connectivity index (χ0) is 93.3. The Kier molecular flexibility index (Phi) is 29.0. The number of likely N-dealkylation sites (N-methyl/N-ethyl adjacent to an activating group) is 1. The minimum Gasteiger partial charge on any atom is -0.507 e. The van der Waals surface area contributed by atoms with Crippen molar-refractivity contribution in [3.63, 3.8) is 0 Å². The van der Waals surface area contributed by atoms with E-state index in [0.717, 1.165) is 80.6 Å². The molecule has 17 rings (SSSR count). The van der Waals surface area contributed by atoms with Gasteiger partial charge in [-0.3, -0.25) is 48.5 Å². The lowest BCUT2D eigenvalue weighted by atomic mass is 9.54. The standard InChI is InChI=1S/C89H107Cl2N13O26/c1-36(2)20-54(93-6)80(116)103-70-72(110)42-9-16-58(52(90)27-42)126-60-29-46-30-61(77(60)130-87-78(76(114)75(113)62(35-105)128-87)129-64-33-89(5,92)79(115)37(3)125-64)127-59-17-10-43(28-53(59)91)73(111)71-86(122)102-69(84(120)99-66-44-22-39-21-40(24-44)25-45(66)23-39)50-31-57(108)51(34-94-18-19-95-38(4)106)74(112)65(50)49-26-41(8-15-56(49)107)67(82(118)104-71)101-83(119)68(46)100-81(117)55(97-85(70)121)32-63(109)98-88(123)96-47-11-13-48(124-7)14-12-47/h8-17,26-31,36-37,39-40,44-45,54-55,62,64,66-73,75-76,78-79,87,93-94,105,107-108,110-115H,18-25,32-35,92H2,1-7H3,(H,95,106)(H,97,121)(H,99,120)(H,100,117)(H,101,119)(H,102,122)(H,103,116)(H,104,118)(H2,96,98,109,123)/t37-,39?,40?,44?,45?,54+,55-,62+,64-,66?,67+,68+,69-,70+,71-,72+,73+,75+,76-,78+,79+,87-,89-/m0/s1. The molecule has 0 unspecified atom stereocenters. The van der Waals surface area contributed by atoms with Crippen LogP contribution in [0, 0.1) is 29.6 Å². The first-order chi connectivity index (χ1) is 61.8. The number of methoxy groups -OCH3 is 1. The third kappa shape index (κ3) is 20.7. The van der Waals surface area contributed by atoms with Gasteiger partial charge in [-0.1, -0.05) is 55.2 Å². The summed E-state index contributed by atoms with van der Waals surface area (Å²) in [5.41, 5.74) is 2.54. The highest BCUT2D eigenvalue weighted by atomic mass is 35.5. The fourth-order valence-electron chi connectivity index (χ4n) is 18.7. The highest BCUT2D eigenvalue weighted by Crippen LogP contribution is 2.55. The average Bonchev–Trinajstić information content (AvgIpc) is 0.749. The van der Waals surface area contributed by atoms with Crippen LogP contribution in [-0.2, 0) is 63.9 Å². The lowest BCUT2D eigenvalue weighted by Crippen LogP contribution is -2.64. The van der Waals surface area contributed by atoms with Gasteiger partial charge >= 0.3 is 6.03 Å². The Morgan fingerprint density at radius 1 is 0.677 bits per heavy atom. The topological polar surface area (TPSA) is 588 Å². The molecule has 6 fully saturated rings. The van der Waals surface area contributed by atoms with Gasteiger partial charge in [0.2, 0.25) is 65.2 Å². The van der Waals surface area contributed by atoms with Crippen molar-refractivity contribution >= 4 is 88.1 Å². The Hall–Kier alpha value is -11.3. The number of carbonyl (C=O) groups excluding carboxylic acids is 10. The van der Waals surface area contributed by atoms with E-state index in [2.05, 4.69) is 63.8 Å². The molecule has 0 aromatic heterocycles. The number of ether oxygens (including phenoxy) is 7. The van der Waals surface area contributed by atoms with Crippen molar-refractivity contribution in [3.8, 4) is 62.9 Å². The number of fused-ring (bicyclic) bond motifs is 15. The molecular weight excluding hydrogens is 1740 g/mol. The Morgan fingerprint density at radius 3 is 1.91 bits per heavy atom. The molecule has 6 aromatic rings. The SMILES string of the molecule is CN[C@H](CC(C)C)C(=O)N[C@H]1C(=O)N[C@@H](CC(=O)NC(=O)Nc2ccc(OC)cc2)C(=O)N[C@H]2C(=O)N[C@H]3C(=O)N[C@H](C(=O)N[C@H](C(=O)NC4C5CC6CC(C5)CC4C6)c4cc(O)c(CNCCNC(C)=O)c(O)c4-c4cc3ccc4O)[C@H](O)c3ccc(c(Cl)c3)Oc3cc2cc(c3O[C@@H]2O[C@H](CO)[C@@H](O)[C@H](O)[C@H]2O[C@H]2C[C@](C)(N)[C@H](O)[C@H](C)O2)Oc2ccc(cc2Cl)[C@H]1O. The van der Waals surface area contributed by atoms with Crippen molar-refractivity contribution in [1.82, 2.24) is 58.5 Å². The summed E-state index contributed by atoms with van der Waals surface area (Å²) in [6, 6.07) is 3.14. The molecule has 7 heterocycles. The number of imide groups is 1. The number of amides is 11. The Balaban J connectivity index is 0.978. The molecular formula is C89H107Cl2N13O26. The number of hydrogen-bond donors (Lipinski definition) is 22. The molecule has 7 aliphatic heterocycles. The first kappa shape index (κ1) is 94.8. The maximum absolute atomic E-state index is 16.8. The molecule has 4 saturated carbocycles. The van der Waals surface area contributed by atoms with Gasteiger partial charge in [0.25, 0.3) is 0 Å². The molecule has 0 radical (unpaired) electrons. The van der Waals surface area contributed by atoms with Gasteiger partial charge in [-0.2, -0.15) is 0 Å². The molecule has 39 nitrogen and oxygen atoms in total. The van der Waals surface area contributed by atoms with Gasteiger partial charge in [0.15, 0.2) is 23.9 Å². The maximum Gasteiger partial charge on any atom is 0.325 e. The van der Waals surface area contributed by atoms with Crippen molar-refractivity contribution < 1.29 is 127 Å². The number of aliphatic hydroxyl groups is 6. The van der Waals surface area contributed by atoms with E-state index >= 15 is 28.8 Å². The molecule has 11 aliphatic rings. The lowest BCUT2D eigenvalue weighted by Gasteiger charge is -2.54. The Labute approximate surface area is 755 Å². The Morgan fingerprint density at radius 2 is 1.30 bits per heavy atom. The van der Waals surface area contributed by atoms with Crippen molar-refractivity contribution in [2.45, 2.75) is 208 Å². The lowest BCUT2D eigenvalue weighted by molar-refractivity contribution is -0.333. The number of halogens is 2. The summed E-state index contributed by atoms with van der Waals surface area (Å²) in [5, 5.41) is 140. The van der Waals surface area contributed by atoms with Crippen LogP contribution in [0.4, 0.5) is 10.5 Å². The largest absolute Gasteiger partial charge is 0.507 e. The highest BCUT2D eigenvalue weighted by molar-refractivity contribution is 6.32. The molecule has 23 N–H and O–H groups in total. The number of aromatic hydroxyl groups is 3. The van der Waals surface area contributed by atoms with E-state index in [1.165, 1.54) is 83.5 Å². The molecule has 15 bridgehead atoms. The monoisotopic (exact) mass is 1840 g/mol. The van der Waals surface area contributed by atoms with Crippen LogP contribution >= 0.6 is 23.2 Å². The smallest absolute Gasteiger partial charge is 0.325 e. The molecule has 11 amide bonds. The normalized spacial score (nSPS) is 29.5. The van der Waals surface area contributed by atoms with Gasteiger partial charge in [-0.25, -0.2) is 4.79 Å². The minimum atomic E-state index is -2.46. The number of urea groups is 1. The molecule has 18 atom stereocenters. The number of anilines is 1. The summed E-state index contributed by atoms with van der Waals surface area (Å²) < 4.78 is 44.4. The van der Waals surface area contributed by atoms with Crippen molar-refractivity contribution in [2.24, 2.45) is 35.3 Å². The summed E-state index contributed by atoms with van der Waals surface area (Å²) in [6.45, 7) is 6.70. The molecule has 0 spiro atoms. The van der Waals surface area contributed by atoms with Crippen LogP contribution in [-0.4, -0.2) is 224 Å². The third-order valence-corrected chi connectivity index (χ3v) is 25.8. The number of rotatable bonds is 21. The zero-order valence-electron chi connectivity index (χ0n) is 71.8. The van der Waals surface area contributed by atoms with E-state index in [1.54, 1.807) is 0 Å². The van der Waals surface area contributed by atoms with Crippen LogP contribution in [0.5, 0.6) is 51.7 Å². The van der Waals surface area contributed by atoms with E-state index in [0.29, 0.717) is 17.6 Å². The number of nitrogens with one attached hydrogen (secondary N) is 12. The number of hydrogen-bond acceptors (Lipinski definition) is 29. The van der Waals surface area contributed by atoms with Crippen LogP contribution in [0.15, 0.2) is 97.1 Å². The van der Waals surface area contributed by atoms with Gasteiger partial charge in [-0.15, -0.1) is 0 Å². The maximum atomic E-state index is 16.8. The fraction of sp³-hybridized carbons (Fsp3) is 0.483. The van der Waals surface area contributed by atoms with Crippen LogP contribution in [0.25, 0.3) is 11.1 Å². The van der Waals surface area contributed by atoms with E-state index in [9.17, 15) is 65.1 Å². The number of carbonyl (C=O) groups is 10. The molecule has 130 heavy (non-hydrogen) atoms. The summed E-state index contributed by atoms with van der Waals surface area (Å²) in [7, 11) is 2.87. The van der Waals surface area contributed by atoms with E-state index < -0.39 is 249 Å². The fourth-order valence-corrected chi connectivity index (χ4v) is 19.2. The van der Waals surface area contributed by atoms with E-state index in [-0.39, 0.29) is 95.4 Å². The summed E-state index contributed by atoms with van der Waals surface area (Å²) in [4.78, 5) is 152.